The van der Waals surface area contributed by atoms with E-state index in [9.17, 15) is 0 Å². The van der Waals surface area contributed by atoms with E-state index in [1.807, 2.05) is 17.5 Å². The second kappa shape index (κ2) is 4.46. The lowest BCUT2D eigenvalue weighted by Crippen LogP contribution is -1.86. The van der Waals surface area contributed by atoms with Crippen molar-refractivity contribution in [2.24, 2.45) is 0 Å². The maximum Gasteiger partial charge on any atom is 0.0880 e. The Labute approximate surface area is 117 Å². The van der Waals surface area contributed by atoms with Gasteiger partial charge in [0, 0.05) is 16.6 Å². The van der Waals surface area contributed by atoms with Gasteiger partial charge in [-0.05, 0) is 56.8 Å². The van der Waals surface area contributed by atoms with Gasteiger partial charge in [-0.1, -0.05) is 17.2 Å². The first-order valence-corrected chi connectivity index (χ1v) is 7.31. The number of nitrogens with zero attached hydrogens (tertiary/aromatic N) is 1. The second-order valence-electron chi connectivity index (χ2n) is 5.20. The maximum atomic E-state index is 4.62. The number of aromatic nitrogens is 1. The fraction of sp³-hybridized carbons (Fsp3) is 0.235. The molecule has 0 aliphatic rings. The smallest absolute Gasteiger partial charge is 0.0880 e. The highest BCUT2D eigenvalue weighted by Gasteiger charge is 2.11. The van der Waals surface area contributed by atoms with Gasteiger partial charge in [0.05, 0.1) is 10.4 Å². The SMILES string of the molecule is Cc1cc(C)cc(-c2nccc3c(C)c(C)sc23)c1. The maximum absolute atomic E-state index is 4.62. The summed E-state index contributed by atoms with van der Waals surface area (Å²) in [6.45, 7) is 8.66. The molecule has 2 aromatic heterocycles. The van der Waals surface area contributed by atoms with Crippen LogP contribution in [-0.4, -0.2) is 4.98 Å². The Hall–Kier alpha value is -1.67. The van der Waals surface area contributed by atoms with Crippen LogP contribution in [0, 0.1) is 27.7 Å². The van der Waals surface area contributed by atoms with E-state index in [-0.39, 0.29) is 0 Å². The van der Waals surface area contributed by atoms with Gasteiger partial charge in [0.25, 0.3) is 0 Å². The standard InChI is InChI=1S/C17H17NS/c1-10-7-11(2)9-14(8-10)16-17-15(5-6-18-16)12(3)13(4)19-17/h5-9H,1-4H3. The molecule has 96 valence electrons. The van der Waals surface area contributed by atoms with E-state index in [0.29, 0.717) is 0 Å². The van der Waals surface area contributed by atoms with E-state index in [1.165, 1.54) is 37.2 Å². The summed E-state index contributed by atoms with van der Waals surface area (Å²) >= 11 is 1.85. The van der Waals surface area contributed by atoms with Crippen LogP contribution in [0.3, 0.4) is 0 Å². The van der Waals surface area contributed by atoms with E-state index in [1.54, 1.807) is 0 Å². The van der Waals surface area contributed by atoms with E-state index in [2.05, 4.69) is 56.9 Å². The number of hydrogen-bond acceptors (Lipinski definition) is 2. The molecule has 1 aromatic carbocycles. The van der Waals surface area contributed by atoms with Gasteiger partial charge in [-0.3, -0.25) is 4.98 Å². The zero-order chi connectivity index (χ0) is 13.6. The fourth-order valence-electron chi connectivity index (χ4n) is 2.58. The monoisotopic (exact) mass is 267 g/mol. The Morgan fingerprint density at radius 1 is 0.947 bits per heavy atom. The normalized spacial score (nSPS) is 11.2. The summed E-state index contributed by atoms with van der Waals surface area (Å²) in [5.41, 5.74) is 6.31. The predicted molar refractivity (Wildman–Crippen MR) is 84.0 cm³/mol. The molecule has 3 aromatic rings. The number of benzene rings is 1. The molecule has 0 atom stereocenters. The van der Waals surface area contributed by atoms with E-state index < -0.39 is 0 Å². The lowest BCUT2D eigenvalue weighted by atomic mass is 10.0. The Morgan fingerprint density at radius 3 is 2.32 bits per heavy atom. The largest absolute Gasteiger partial charge is 0.255 e. The molecule has 2 heterocycles. The molecule has 2 heteroatoms. The fourth-order valence-corrected chi connectivity index (χ4v) is 3.75. The molecule has 0 aliphatic heterocycles. The van der Waals surface area contributed by atoms with Gasteiger partial charge in [0.2, 0.25) is 0 Å². The van der Waals surface area contributed by atoms with E-state index >= 15 is 0 Å². The van der Waals surface area contributed by atoms with Gasteiger partial charge in [-0.15, -0.1) is 11.3 Å². The summed E-state index contributed by atoms with van der Waals surface area (Å²) in [4.78, 5) is 6.01. The molecule has 0 bridgehead atoms. The van der Waals surface area contributed by atoms with Crippen molar-refractivity contribution in [2.75, 3.05) is 0 Å². The minimum atomic E-state index is 1.12. The van der Waals surface area contributed by atoms with Crippen LogP contribution < -0.4 is 0 Å². The zero-order valence-electron chi connectivity index (χ0n) is 11.7. The molecule has 19 heavy (non-hydrogen) atoms. The number of thiophene rings is 1. The minimum absolute atomic E-state index is 1.12. The van der Waals surface area contributed by atoms with Crippen LogP contribution in [-0.2, 0) is 0 Å². The molecule has 0 saturated heterocycles. The van der Waals surface area contributed by atoms with Gasteiger partial charge in [-0.25, -0.2) is 0 Å². The highest BCUT2D eigenvalue weighted by molar-refractivity contribution is 7.19. The molecule has 0 spiro atoms. The first-order chi connectivity index (χ1) is 9.06. The van der Waals surface area contributed by atoms with Crippen LogP contribution in [0.15, 0.2) is 30.5 Å². The van der Waals surface area contributed by atoms with E-state index in [0.717, 1.165) is 5.69 Å². The van der Waals surface area contributed by atoms with Crippen LogP contribution in [0.25, 0.3) is 21.3 Å². The molecule has 0 radical (unpaired) electrons. The highest BCUT2D eigenvalue weighted by atomic mass is 32.1. The first kappa shape index (κ1) is 12.4. The molecule has 1 nitrogen and oxygen atoms in total. The number of rotatable bonds is 1. The Bertz CT molecular complexity index is 748. The van der Waals surface area contributed by atoms with Crippen molar-refractivity contribution in [3.8, 4) is 11.3 Å². The van der Waals surface area contributed by atoms with Gasteiger partial charge in [0.15, 0.2) is 0 Å². The molecule has 3 rings (SSSR count). The molecule has 0 saturated carbocycles. The summed E-state index contributed by atoms with van der Waals surface area (Å²) < 4.78 is 1.31. The van der Waals surface area contributed by atoms with Crippen LogP contribution >= 0.6 is 11.3 Å². The number of pyridine rings is 1. The molecule has 0 amide bonds. The Balaban J connectivity index is 2.33. The molecule has 0 fully saturated rings. The summed E-state index contributed by atoms with van der Waals surface area (Å²) in [6, 6.07) is 8.77. The van der Waals surface area contributed by atoms with Crippen LogP contribution in [0.4, 0.5) is 0 Å². The average molecular weight is 267 g/mol. The molecular weight excluding hydrogens is 250 g/mol. The third kappa shape index (κ3) is 2.06. The van der Waals surface area contributed by atoms with Crippen molar-refractivity contribution in [3.63, 3.8) is 0 Å². The highest BCUT2D eigenvalue weighted by Crippen LogP contribution is 2.36. The summed E-state index contributed by atoms with van der Waals surface area (Å²) in [7, 11) is 0. The molecular formula is C17H17NS. The van der Waals surface area contributed by atoms with E-state index in [4.69, 9.17) is 0 Å². The minimum Gasteiger partial charge on any atom is -0.255 e. The van der Waals surface area contributed by atoms with Crippen molar-refractivity contribution in [2.45, 2.75) is 27.7 Å². The third-order valence-corrected chi connectivity index (χ3v) is 4.82. The zero-order valence-corrected chi connectivity index (χ0v) is 12.6. The molecule has 0 unspecified atom stereocenters. The number of fused-ring (bicyclic) bond motifs is 1. The Morgan fingerprint density at radius 2 is 1.63 bits per heavy atom. The third-order valence-electron chi connectivity index (χ3n) is 3.59. The number of aryl methyl sites for hydroxylation is 4. The van der Waals surface area contributed by atoms with Gasteiger partial charge in [0.1, 0.15) is 0 Å². The summed E-state index contributed by atoms with van der Waals surface area (Å²) in [6.07, 6.45) is 1.93. The average Bonchev–Trinajstić information content (AvgIpc) is 2.64. The topological polar surface area (TPSA) is 12.9 Å². The first-order valence-electron chi connectivity index (χ1n) is 6.49. The van der Waals surface area contributed by atoms with Crippen molar-refractivity contribution >= 4 is 21.4 Å². The van der Waals surface area contributed by atoms with Crippen molar-refractivity contribution in [3.05, 3.63) is 52.0 Å². The van der Waals surface area contributed by atoms with Crippen LogP contribution in [0.1, 0.15) is 21.6 Å². The summed E-state index contributed by atoms with van der Waals surface area (Å²) in [5, 5.41) is 1.34. The quantitative estimate of drug-likeness (QED) is 0.590. The van der Waals surface area contributed by atoms with Crippen molar-refractivity contribution in [1.29, 1.82) is 0 Å². The van der Waals surface area contributed by atoms with Gasteiger partial charge >= 0.3 is 0 Å². The lowest BCUT2D eigenvalue weighted by Gasteiger charge is -2.05. The summed E-state index contributed by atoms with van der Waals surface area (Å²) in [5.74, 6) is 0. The van der Waals surface area contributed by atoms with Crippen LogP contribution in [0.5, 0.6) is 0 Å². The van der Waals surface area contributed by atoms with Crippen LogP contribution in [0.2, 0.25) is 0 Å². The lowest BCUT2D eigenvalue weighted by molar-refractivity contribution is 1.33. The number of hydrogen-bond donors (Lipinski definition) is 0. The molecule has 0 N–H and O–H groups in total. The van der Waals surface area contributed by atoms with Crippen molar-refractivity contribution < 1.29 is 0 Å². The molecule has 0 aliphatic carbocycles. The Kier molecular flexibility index (Phi) is 2.90. The van der Waals surface area contributed by atoms with Gasteiger partial charge < -0.3 is 0 Å². The predicted octanol–water partition coefficient (Wildman–Crippen LogP) is 5.20. The second-order valence-corrected chi connectivity index (χ2v) is 6.42. The van der Waals surface area contributed by atoms with Crippen molar-refractivity contribution in [1.82, 2.24) is 4.98 Å². The van der Waals surface area contributed by atoms with Gasteiger partial charge in [-0.2, -0.15) is 0 Å².